The first-order valence-electron chi connectivity index (χ1n) is 10.9. The van der Waals surface area contributed by atoms with E-state index in [4.69, 9.17) is 23.7 Å². The van der Waals surface area contributed by atoms with Gasteiger partial charge in [0.15, 0.2) is 11.7 Å². The van der Waals surface area contributed by atoms with Crippen LogP contribution < -0.4 is 0 Å². The van der Waals surface area contributed by atoms with Gasteiger partial charge in [-0.05, 0) is 24.3 Å². The Hall–Kier alpha value is -1.48. The third-order valence-electron chi connectivity index (χ3n) is 9.35. The third-order valence-corrected chi connectivity index (χ3v) is 9.35. The first-order valence-corrected chi connectivity index (χ1v) is 10.9. The zero-order valence-electron chi connectivity index (χ0n) is 17.5. The quantitative estimate of drug-likeness (QED) is 0.514. The highest BCUT2D eigenvalue weighted by Crippen LogP contribution is 2.83. The van der Waals surface area contributed by atoms with Crippen LogP contribution in [0.5, 0.6) is 0 Å². The number of epoxide rings is 3. The summed E-state index contributed by atoms with van der Waals surface area (Å²) in [6, 6.07) is 0. The molecule has 7 aliphatic rings. The van der Waals surface area contributed by atoms with Gasteiger partial charge in [-0.2, -0.15) is 0 Å². The fourth-order valence-electron chi connectivity index (χ4n) is 8.10. The third kappa shape index (κ3) is 1.52. The second kappa shape index (κ2) is 4.80. The topological polar surface area (TPSA) is 110 Å². The van der Waals surface area contributed by atoms with E-state index in [1.807, 2.05) is 0 Å². The molecular formula is C22H26O8. The first-order chi connectivity index (χ1) is 14.2. The highest BCUT2D eigenvalue weighted by Gasteiger charge is 3.02. The molecular weight excluding hydrogens is 392 g/mol. The molecule has 162 valence electrons. The maximum Gasteiger partial charge on any atom is 0.334 e. The monoisotopic (exact) mass is 418 g/mol. The molecule has 10 atom stereocenters. The molecule has 0 bridgehead atoms. The van der Waals surface area contributed by atoms with Crippen LogP contribution in [-0.2, 0) is 33.3 Å². The minimum absolute atomic E-state index is 0.0949. The summed E-state index contributed by atoms with van der Waals surface area (Å²) in [6.45, 7) is 7.86. The summed E-state index contributed by atoms with van der Waals surface area (Å²) in [6.07, 6.45) is -1.08. The van der Waals surface area contributed by atoms with E-state index in [-0.39, 0.29) is 36.6 Å². The first kappa shape index (κ1) is 18.1. The van der Waals surface area contributed by atoms with Crippen molar-refractivity contribution >= 4 is 11.9 Å². The van der Waals surface area contributed by atoms with Gasteiger partial charge < -0.3 is 28.8 Å². The lowest BCUT2D eigenvalue weighted by atomic mass is 9.46. The Morgan fingerprint density at radius 1 is 1.20 bits per heavy atom. The molecule has 5 fully saturated rings. The SMILES string of the molecule is CC(=O)O[C@@H]1[C@@]2(C(C)C)O[C@H]2[C@@H]2O[C@]23[C@]12O[C@H]2[C@H](O)C1C2=C(CC[C@@]13C)C(=O)OC2. The van der Waals surface area contributed by atoms with E-state index >= 15 is 0 Å². The maximum atomic E-state index is 12.2. The van der Waals surface area contributed by atoms with Gasteiger partial charge in [-0.3, -0.25) is 4.79 Å². The summed E-state index contributed by atoms with van der Waals surface area (Å²) in [5.41, 5.74) is -1.19. The smallest absolute Gasteiger partial charge is 0.334 e. The Morgan fingerprint density at radius 3 is 2.67 bits per heavy atom. The van der Waals surface area contributed by atoms with Crippen LogP contribution in [0.25, 0.3) is 0 Å². The van der Waals surface area contributed by atoms with E-state index in [0.29, 0.717) is 18.4 Å². The Labute approximate surface area is 173 Å². The fraction of sp³-hybridized carbons (Fsp3) is 0.818. The normalized spacial score (nSPS) is 58.5. The second-order valence-electron chi connectivity index (χ2n) is 10.6. The molecule has 0 radical (unpaired) electrons. The van der Waals surface area contributed by atoms with Crippen LogP contribution in [0, 0.1) is 17.3 Å². The number of aliphatic hydroxyl groups excluding tert-OH is 1. The largest absolute Gasteiger partial charge is 0.458 e. The van der Waals surface area contributed by atoms with E-state index in [9.17, 15) is 14.7 Å². The molecule has 0 aromatic carbocycles. The molecule has 3 saturated heterocycles. The number of ether oxygens (including phenoxy) is 5. The standard InChI is InChI=1S/C22H26O8/c1-8(2)20-15(28-20)16-22(30-16)19(4)6-5-10-11(7-26-17(10)25)12(19)13(24)14-21(22,29-14)18(20)27-9(3)23/h8,12-16,18,24H,5-7H2,1-4H3/t12?,13-,14+,15+,16+,18-,19+,20+,21-,22-/m1/s1. The van der Waals surface area contributed by atoms with Crippen molar-refractivity contribution in [3.63, 3.8) is 0 Å². The number of cyclic esters (lactones) is 1. The van der Waals surface area contributed by atoms with Gasteiger partial charge in [-0.1, -0.05) is 20.8 Å². The zero-order chi connectivity index (χ0) is 21.0. The highest BCUT2D eigenvalue weighted by atomic mass is 16.8. The number of hydrogen-bond acceptors (Lipinski definition) is 8. The van der Waals surface area contributed by atoms with Crippen molar-refractivity contribution in [1.82, 2.24) is 0 Å². The molecule has 0 amide bonds. The molecule has 8 nitrogen and oxygen atoms in total. The van der Waals surface area contributed by atoms with Gasteiger partial charge in [0.2, 0.25) is 0 Å². The Bertz CT molecular complexity index is 957. The van der Waals surface area contributed by atoms with Crippen molar-refractivity contribution < 1.29 is 38.4 Å². The average Bonchev–Trinajstić information content (AvgIpc) is 3.55. The van der Waals surface area contributed by atoms with Crippen molar-refractivity contribution in [2.45, 2.75) is 87.9 Å². The molecule has 30 heavy (non-hydrogen) atoms. The Morgan fingerprint density at radius 2 is 1.97 bits per heavy atom. The summed E-state index contributed by atoms with van der Waals surface area (Å²) >= 11 is 0. The summed E-state index contributed by atoms with van der Waals surface area (Å²) in [5, 5.41) is 11.5. The molecule has 8 heteroatoms. The lowest BCUT2D eigenvalue weighted by Gasteiger charge is -2.55. The lowest BCUT2D eigenvalue weighted by Crippen LogP contribution is -2.72. The van der Waals surface area contributed by atoms with Gasteiger partial charge in [-0.25, -0.2) is 4.79 Å². The van der Waals surface area contributed by atoms with E-state index < -0.39 is 46.5 Å². The van der Waals surface area contributed by atoms with Crippen molar-refractivity contribution in [3.05, 3.63) is 11.1 Å². The van der Waals surface area contributed by atoms with Gasteiger partial charge in [0.25, 0.3) is 0 Å². The van der Waals surface area contributed by atoms with Gasteiger partial charge in [0.1, 0.15) is 36.1 Å². The predicted octanol–water partition coefficient (Wildman–Crippen LogP) is 0.645. The average molecular weight is 418 g/mol. The summed E-state index contributed by atoms with van der Waals surface area (Å²) < 4.78 is 30.4. The summed E-state index contributed by atoms with van der Waals surface area (Å²) in [4.78, 5) is 24.3. The Balaban J connectivity index is 1.41. The van der Waals surface area contributed by atoms with E-state index in [1.165, 1.54) is 6.92 Å². The maximum absolute atomic E-state index is 12.2. The van der Waals surface area contributed by atoms with Crippen molar-refractivity contribution in [2.75, 3.05) is 6.61 Å². The van der Waals surface area contributed by atoms with Crippen LogP contribution in [0.1, 0.15) is 40.5 Å². The number of carbonyl (C=O) groups excluding carboxylic acids is 2. The number of fused-ring (bicyclic) bond motifs is 4. The molecule has 4 aliphatic heterocycles. The van der Waals surface area contributed by atoms with Crippen molar-refractivity contribution in [2.24, 2.45) is 17.3 Å². The molecule has 2 saturated carbocycles. The zero-order valence-corrected chi connectivity index (χ0v) is 17.5. The van der Waals surface area contributed by atoms with Crippen LogP contribution in [0.3, 0.4) is 0 Å². The van der Waals surface area contributed by atoms with E-state index in [0.717, 1.165) is 5.57 Å². The van der Waals surface area contributed by atoms with Crippen molar-refractivity contribution in [1.29, 1.82) is 0 Å². The molecule has 0 aromatic heterocycles. The molecule has 7 rings (SSSR count). The molecule has 0 aromatic rings. The van der Waals surface area contributed by atoms with Gasteiger partial charge in [0, 0.05) is 23.8 Å². The van der Waals surface area contributed by atoms with Crippen molar-refractivity contribution in [3.8, 4) is 0 Å². The van der Waals surface area contributed by atoms with E-state index in [1.54, 1.807) is 0 Å². The lowest BCUT2D eigenvalue weighted by molar-refractivity contribution is -0.170. The molecule has 1 N–H and O–H groups in total. The van der Waals surface area contributed by atoms with Gasteiger partial charge >= 0.3 is 11.9 Å². The fourth-order valence-corrected chi connectivity index (χ4v) is 8.10. The van der Waals surface area contributed by atoms with Crippen LogP contribution in [0.4, 0.5) is 0 Å². The van der Waals surface area contributed by atoms with E-state index in [2.05, 4.69) is 20.8 Å². The number of esters is 2. The molecule has 3 aliphatic carbocycles. The van der Waals surface area contributed by atoms with Crippen LogP contribution >= 0.6 is 0 Å². The number of aliphatic hydroxyl groups is 1. The molecule has 2 spiro atoms. The minimum atomic E-state index is -0.924. The molecule has 1 unspecified atom stereocenters. The Kier molecular flexibility index (Phi) is 2.90. The summed E-state index contributed by atoms with van der Waals surface area (Å²) in [5.74, 6) is -0.860. The molecule has 4 heterocycles. The second-order valence-corrected chi connectivity index (χ2v) is 10.6. The highest BCUT2D eigenvalue weighted by molar-refractivity contribution is 5.92. The summed E-state index contributed by atoms with van der Waals surface area (Å²) in [7, 11) is 0. The predicted molar refractivity (Wildman–Crippen MR) is 98.0 cm³/mol. The van der Waals surface area contributed by atoms with Crippen LogP contribution in [0.2, 0.25) is 0 Å². The van der Waals surface area contributed by atoms with Crippen LogP contribution in [0.15, 0.2) is 11.1 Å². The minimum Gasteiger partial charge on any atom is -0.458 e. The number of carbonyl (C=O) groups is 2. The van der Waals surface area contributed by atoms with Gasteiger partial charge in [0.05, 0.1) is 6.10 Å². The van der Waals surface area contributed by atoms with Gasteiger partial charge in [-0.15, -0.1) is 0 Å². The van der Waals surface area contributed by atoms with Crippen LogP contribution in [-0.4, -0.2) is 71.0 Å². The number of hydrogen-bond donors (Lipinski definition) is 1. The number of rotatable bonds is 2.